The van der Waals surface area contributed by atoms with Crippen LogP contribution in [-0.4, -0.2) is 40.6 Å². The van der Waals surface area contributed by atoms with E-state index in [1.807, 2.05) is 13.8 Å². The first-order valence-corrected chi connectivity index (χ1v) is 6.50. The number of aliphatic hydroxyl groups excluding tert-OH is 2. The van der Waals surface area contributed by atoms with Crippen LogP contribution in [0.5, 0.6) is 5.88 Å². The SMILES string of the molecule is CCCOc1nc(NC(CC)(CO)CO)ccc1N. The Morgan fingerprint density at radius 1 is 1.32 bits per heavy atom. The number of nitrogens with one attached hydrogen (secondary N) is 1. The van der Waals surface area contributed by atoms with Crippen molar-refractivity contribution in [2.24, 2.45) is 0 Å². The number of pyridine rings is 1. The summed E-state index contributed by atoms with van der Waals surface area (Å²) in [4.78, 5) is 4.26. The minimum Gasteiger partial charge on any atom is -0.476 e. The maximum Gasteiger partial charge on any atom is 0.239 e. The lowest BCUT2D eigenvalue weighted by Crippen LogP contribution is -2.45. The van der Waals surface area contributed by atoms with E-state index in [-0.39, 0.29) is 13.2 Å². The first-order chi connectivity index (χ1) is 9.10. The number of ether oxygens (including phenoxy) is 1. The number of aromatic nitrogens is 1. The van der Waals surface area contributed by atoms with Gasteiger partial charge in [0.15, 0.2) is 0 Å². The van der Waals surface area contributed by atoms with E-state index in [1.165, 1.54) is 0 Å². The molecule has 0 aliphatic rings. The van der Waals surface area contributed by atoms with E-state index >= 15 is 0 Å². The third-order valence-corrected chi connectivity index (χ3v) is 3.01. The molecule has 0 fully saturated rings. The highest BCUT2D eigenvalue weighted by atomic mass is 16.5. The van der Waals surface area contributed by atoms with Crippen LogP contribution in [0.4, 0.5) is 11.5 Å². The second kappa shape index (κ2) is 7.16. The molecule has 0 aromatic carbocycles. The summed E-state index contributed by atoms with van der Waals surface area (Å²) in [6.45, 7) is 4.05. The van der Waals surface area contributed by atoms with Gasteiger partial charge in [-0.3, -0.25) is 0 Å². The fourth-order valence-electron chi connectivity index (χ4n) is 1.55. The highest BCUT2D eigenvalue weighted by Crippen LogP contribution is 2.24. The quantitative estimate of drug-likeness (QED) is 0.561. The fourth-order valence-corrected chi connectivity index (χ4v) is 1.55. The molecule has 6 nitrogen and oxygen atoms in total. The summed E-state index contributed by atoms with van der Waals surface area (Å²) in [7, 11) is 0. The van der Waals surface area contributed by atoms with Crippen LogP contribution >= 0.6 is 0 Å². The van der Waals surface area contributed by atoms with Gasteiger partial charge in [0.25, 0.3) is 0 Å². The average Bonchev–Trinajstić information content (AvgIpc) is 2.45. The zero-order valence-corrected chi connectivity index (χ0v) is 11.5. The molecule has 0 saturated heterocycles. The summed E-state index contributed by atoms with van der Waals surface area (Å²) in [5, 5.41) is 21.8. The molecule has 0 saturated carbocycles. The third kappa shape index (κ3) is 3.97. The van der Waals surface area contributed by atoms with Crippen molar-refractivity contribution in [1.82, 2.24) is 4.98 Å². The molecule has 6 heteroatoms. The van der Waals surface area contributed by atoms with E-state index in [1.54, 1.807) is 12.1 Å². The second-order valence-corrected chi connectivity index (χ2v) is 4.51. The standard InChI is InChI=1S/C13H23N3O3/c1-3-7-19-12-10(14)5-6-11(15-12)16-13(4-2,8-17)9-18/h5-6,17-18H,3-4,7-9,14H2,1-2H3,(H,15,16). The van der Waals surface area contributed by atoms with Crippen LogP contribution in [0.25, 0.3) is 0 Å². The Bertz CT molecular complexity index is 386. The van der Waals surface area contributed by atoms with Crippen molar-refractivity contribution < 1.29 is 14.9 Å². The minimum atomic E-state index is -0.787. The Hall–Kier alpha value is -1.53. The van der Waals surface area contributed by atoms with Crippen LogP contribution < -0.4 is 15.8 Å². The molecule has 0 atom stereocenters. The molecule has 1 aromatic heterocycles. The van der Waals surface area contributed by atoms with Gasteiger partial charge in [-0.1, -0.05) is 13.8 Å². The molecule has 0 bridgehead atoms. The predicted octanol–water partition coefficient (Wildman–Crippen LogP) is 0.998. The number of nitrogens with two attached hydrogens (primary N) is 1. The van der Waals surface area contributed by atoms with E-state index in [2.05, 4.69) is 10.3 Å². The summed E-state index contributed by atoms with van der Waals surface area (Å²) >= 11 is 0. The minimum absolute atomic E-state index is 0.183. The van der Waals surface area contributed by atoms with Crippen molar-refractivity contribution in [3.63, 3.8) is 0 Å². The Morgan fingerprint density at radius 3 is 2.53 bits per heavy atom. The van der Waals surface area contributed by atoms with Crippen LogP contribution in [0.2, 0.25) is 0 Å². The molecule has 0 unspecified atom stereocenters. The van der Waals surface area contributed by atoms with Crippen molar-refractivity contribution in [3.05, 3.63) is 12.1 Å². The first kappa shape index (κ1) is 15.5. The van der Waals surface area contributed by atoms with Gasteiger partial charge < -0.3 is 26.0 Å². The van der Waals surface area contributed by atoms with Crippen molar-refractivity contribution >= 4 is 11.5 Å². The van der Waals surface area contributed by atoms with Gasteiger partial charge in [0, 0.05) is 0 Å². The van der Waals surface area contributed by atoms with Crippen molar-refractivity contribution in [2.75, 3.05) is 30.9 Å². The molecule has 1 aromatic rings. The van der Waals surface area contributed by atoms with Gasteiger partial charge in [0.1, 0.15) is 5.82 Å². The van der Waals surface area contributed by atoms with Crippen molar-refractivity contribution in [3.8, 4) is 5.88 Å². The Labute approximate surface area is 113 Å². The van der Waals surface area contributed by atoms with E-state index in [9.17, 15) is 10.2 Å². The molecule has 0 aliphatic carbocycles. The molecule has 108 valence electrons. The molecule has 0 radical (unpaired) electrons. The van der Waals surface area contributed by atoms with Gasteiger partial charge in [0.2, 0.25) is 5.88 Å². The van der Waals surface area contributed by atoms with Gasteiger partial charge in [-0.25, -0.2) is 0 Å². The molecule has 0 spiro atoms. The lowest BCUT2D eigenvalue weighted by atomic mass is 9.98. The van der Waals surface area contributed by atoms with Crippen LogP contribution in [0.15, 0.2) is 12.1 Å². The molecule has 1 rings (SSSR count). The maximum absolute atomic E-state index is 9.40. The Kier molecular flexibility index (Phi) is 5.85. The van der Waals surface area contributed by atoms with Crippen LogP contribution in [-0.2, 0) is 0 Å². The van der Waals surface area contributed by atoms with Crippen LogP contribution in [0.1, 0.15) is 26.7 Å². The number of nitrogens with zero attached hydrogens (tertiary/aromatic N) is 1. The van der Waals surface area contributed by atoms with E-state index in [0.29, 0.717) is 30.4 Å². The highest BCUT2D eigenvalue weighted by Gasteiger charge is 2.26. The Balaban J connectivity index is 2.89. The monoisotopic (exact) mass is 269 g/mol. The predicted molar refractivity (Wildman–Crippen MR) is 75.3 cm³/mol. The summed E-state index contributed by atoms with van der Waals surface area (Å²) in [6.07, 6.45) is 1.43. The van der Waals surface area contributed by atoms with Crippen LogP contribution in [0.3, 0.4) is 0 Å². The molecule has 5 N–H and O–H groups in total. The first-order valence-electron chi connectivity index (χ1n) is 6.50. The zero-order chi connectivity index (χ0) is 14.3. The molecular weight excluding hydrogens is 246 g/mol. The maximum atomic E-state index is 9.40. The van der Waals surface area contributed by atoms with E-state index in [0.717, 1.165) is 6.42 Å². The van der Waals surface area contributed by atoms with Gasteiger partial charge in [0.05, 0.1) is 31.0 Å². The molecule has 0 aliphatic heterocycles. The van der Waals surface area contributed by atoms with Crippen LogP contribution in [0, 0.1) is 0 Å². The number of rotatable bonds is 8. The topological polar surface area (TPSA) is 101 Å². The number of anilines is 2. The van der Waals surface area contributed by atoms with Gasteiger partial charge in [-0.05, 0) is 25.0 Å². The largest absolute Gasteiger partial charge is 0.476 e. The summed E-state index contributed by atoms with van der Waals surface area (Å²) in [5.74, 6) is 0.887. The van der Waals surface area contributed by atoms with Crippen molar-refractivity contribution in [2.45, 2.75) is 32.2 Å². The summed E-state index contributed by atoms with van der Waals surface area (Å²) in [6, 6.07) is 3.39. The number of aliphatic hydroxyl groups is 2. The zero-order valence-electron chi connectivity index (χ0n) is 11.5. The number of hydrogen-bond donors (Lipinski definition) is 4. The Morgan fingerprint density at radius 2 is 2.00 bits per heavy atom. The van der Waals surface area contributed by atoms with Crippen molar-refractivity contribution in [1.29, 1.82) is 0 Å². The van der Waals surface area contributed by atoms with Gasteiger partial charge >= 0.3 is 0 Å². The summed E-state index contributed by atoms with van der Waals surface area (Å²) in [5.41, 5.74) is 5.46. The lowest BCUT2D eigenvalue weighted by Gasteiger charge is -2.30. The van der Waals surface area contributed by atoms with E-state index < -0.39 is 5.54 Å². The molecule has 19 heavy (non-hydrogen) atoms. The fraction of sp³-hybridized carbons (Fsp3) is 0.615. The van der Waals surface area contributed by atoms with Gasteiger partial charge in [-0.15, -0.1) is 0 Å². The summed E-state index contributed by atoms with van der Waals surface area (Å²) < 4.78 is 5.44. The molecular formula is C13H23N3O3. The molecule has 0 amide bonds. The lowest BCUT2D eigenvalue weighted by molar-refractivity contribution is 0.132. The second-order valence-electron chi connectivity index (χ2n) is 4.51. The van der Waals surface area contributed by atoms with E-state index in [4.69, 9.17) is 10.5 Å². The third-order valence-electron chi connectivity index (χ3n) is 3.01. The molecule has 1 heterocycles. The smallest absolute Gasteiger partial charge is 0.239 e. The van der Waals surface area contributed by atoms with Gasteiger partial charge in [-0.2, -0.15) is 4.98 Å². The number of hydrogen-bond acceptors (Lipinski definition) is 6. The normalized spacial score (nSPS) is 11.4. The average molecular weight is 269 g/mol. The number of nitrogen functional groups attached to an aromatic ring is 1. The highest BCUT2D eigenvalue weighted by molar-refractivity contribution is 5.54.